The summed E-state index contributed by atoms with van der Waals surface area (Å²) in [6, 6.07) is 2.28. The van der Waals surface area contributed by atoms with Gasteiger partial charge in [-0.05, 0) is 41.4 Å². The van der Waals surface area contributed by atoms with Crippen LogP contribution < -0.4 is 5.32 Å². The Morgan fingerprint density at radius 1 is 1.67 bits per heavy atom. The van der Waals surface area contributed by atoms with Gasteiger partial charge in [0.2, 0.25) is 0 Å². The molecule has 1 aliphatic heterocycles. The number of nitrogens with zero attached hydrogens (tertiary/aromatic N) is 1. The lowest BCUT2D eigenvalue weighted by Crippen LogP contribution is -2.41. The van der Waals surface area contributed by atoms with Crippen LogP contribution in [0.15, 0.2) is 15.2 Å². The lowest BCUT2D eigenvalue weighted by molar-refractivity contribution is 0.0693. The molecule has 2 rings (SSSR count). The van der Waals surface area contributed by atoms with E-state index in [1.165, 1.54) is 0 Å². The Labute approximate surface area is 126 Å². The lowest BCUT2D eigenvalue weighted by Gasteiger charge is -2.27. The molecule has 1 aromatic heterocycles. The van der Waals surface area contributed by atoms with Gasteiger partial charge in [0.1, 0.15) is 0 Å². The number of hydrogen-bond acceptors (Lipinski definition) is 3. The molecule has 0 spiro atoms. The number of halogens is 2. The molecule has 0 radical (unpaired) electrons. The maximum absolute atomic E-state index is 12.4. The smallest absolute Gasteiger partial charge is 0.255 e. The van der Waals surface area contributed by atoms with Crippen molar-refractivity contribution in [2.45, 2.75) is 25.8 Å². The van der Waals surface area contributed by atoms with Gasteiger partial charge in [-0.2, -0.15) is 0 Å². The summed E-state index contributed by atoms with van der Waals surface area (Å²) in [6.07, 6.45) is 2.07. The molecule has 1 atom stereocenters. The number of carbonyl (C=O) groups is 1. The van der Waals surface area contributed by atoms with Crippen LogP contribution in [0, 0.1) is 0 Å². The number of thiophene rings is 1. The molecule has 0 aliphatic carbocycles. The summed E-state index contributed by atoms with van der Waals surface area (Å²) >= 11 is 4.97. The van der Waals surface area contributed by atoms with E-state index >= 15 is 0 Å². The summed E-state index contributed by atoms with van der Waals surface area (Å²) in [5, 5.41) is 5.25. The van der Waals surface area contributed by atoms with Gasteiger partial charge in [-0.1, -0.05) is 6.92 Å². The van der Waals surface area contributed by atoms with Gasteiger partial charge >= 0.3 is 0 Å². The normalized spacial score (nSPS) is 18.4. The van der Waals surface area contributed by atoms with E-state index in [4.69, 9.17) is 0 Å². The number of rotatable bonds is 4. The second-order valence-corrected chi connectivity index (χ2v) is 6.58. The fourth-order valence-electron chi connectivity index (χ4n) is 2.18. The summed E-state index contributed by atoms with van der Waals surface area (Å²) in [4.78, 5) is 14.4. The van der Waals surface area contributed by atoms with E-state index < -0.39 is 0 Å². The van der Waals surface area contributed by atoms with E-state index in [1.54, 1.807) is 11.3 Å². The molecular weight excluding hydrogens is 336 g/mol. The average Bonchev–Trinajstić information content (AvgIpc) is 2.95. The minimum atomic E-state index is 0. The zero-order chi connectivity index (χ0) is 12.3. The zero-order valence-electron chi connectivity index (χ0n) is 10.3. The van der Waals surface area contributed by atoms with Gasteiger partial charge in [-0.3, -0.25) is 4.79 Å². The molecule has 1 unspecified atom stereocenters. The molecule has 102 valence electrons. The van der Waals surface area contributed by atoms with Crippen molar-refractivity contribution in [3.8, 4) is 0 Å². The Morgan fingerprint density at radius 3 is 2.94 bits per heavy atom. The van der Waals surface area contributed by atoms with Crippen molar-refractivity contribution in [2.75, 3.05) is 19.6 Å². The molecule has 3 nitrogen and oxygen atoms in total. The van der Waals surface area contributed by atoms with Crippen molar-refractivity contribution in [3.63, 3.8) is 0 Å². The van der Waals surface area contributed by atoms with Crippen LogP contribution in [-0.4, -0.2) is 36.5 Å². The maximum atomic E-state index is 12.4. The van der Waals surface area contributed by atoms with Crippen LogP contribution in [0.1, 0.15) is 30.1 Å². The third-order valence-electron chi connectivity index (χ3n) is 3.01. The molecule has 1 saturated heterocycles. The quantitative estimate of drug-likeness (QED) is 0.902. The predicted molar refractivity (Wildman–Crippen MR) is 81.9 cm³/mol. The second kappa shape index (κ2) is 7.48. The first kappa shape index (κ1) is 16.0. The maximum Gasteiger partial charge on any atom is 0.255 e. The zero-order valence-corrected chi connectivity index (χ0v) is 13.5. The van der Waals surface area contributed by atoms with Gasteiger partial charge < -0.3 is 10.2 Å². The highest BCUT2D eigenvalue weighted by atomic mass is 79.9. The van der Waals surface area contributed by atoms with Crippen LogP contribution >= 0.6 is 39.7 Å². The molecule has 6 heteroatoms. The van der Waals surface area contributed by atoms with Crippen molar-refractivity contribution < 1.29 is 4.79 Å². The first-order valence-corrected chi connectivity index (χ1v) is 7.65. The predicted octanol–water partition coefficient (Wildman–Crippen LogP) is 3.15. The van der Waals surface area contributed by atoms with E-state index in [0.29, 0.717) is 6.04 Å². The van der Waals surface area contributed by atoms with Gasteiger partial charge in [-0.15, -0.1) is 23.7 Å². The molecule has 1 aliphatic rings. The van der Waals surface area contributed by atoms with E-state index in [0.717, 1.165) is 41.8 Å². The first-order chi connectivity index (χ1) is 8.22. The fourth-order valence-corrected chi connectivity index (χ4v) is 3.31. The number of amides is 1. The largest absolute Gasteiger partial charge is 0.334 e. The molecule has 0 bridgehead atoms. The van der Waals surface area contributed by atoms with Gasteiger partial charge in [-0.25, -0.2) is 0 Å². The van der Waals surface area contributed by atoms with Crippen molar-refractivity contribution in [2.24, 2.45) is 0 Å². The molecule has 0 aromatic carbocycles. The summed E-state index contributed by atoms with van der Waals surface area (Å²) in [5.74, 6) is 0.169. The first-order valence-electron chi connectivity index (χ1n) is 5.98. The highest BCUT2D eigenvalue weighted by Crippen LogP contribution is 2.23. The van der Waals surface area contributed by atoms with Crippen LogP contribution in [0.4, 0.5) is 0 Å². The molecule has 1 aromatic rings. The minimum Gasteiger partial charge on any atom is -0.334 e. The molecule has 2 heterocycles. The SMILES string of the molecule is CCCN(C(=O)c1csc(Br)c1)C1CCNC1.Cl. The number of carbonyl (C=O) groups excluding carboxylic acids is 1. The summed E-state index contributed by atoms with van der Waals surface area (Å²) in [6.45, 7) is 4.91. The van der Waals surface area contributed by atoms with E-state index in [9.17, 15) is 4.79 Å². The van der Waals surface area contributed by atoms with Gasteiger partial charge in [0.05, 0.1) is 9.35 Å². The Kier molecular flexibility index (Phi) is 6.63. The monoisotopic (exact) mass is 352 g/mol. The molecular formula is C12H18BrClN2OS. The Balaban J connectivity index is 0.00000162. The van der Waals surface area contributed by atoms with Crippen LogP contribution in [0.25, 0.3) is 0 Å². The molecule has 18 heavy (non-hydrogen) atoms. The van der Waals surface area contributed by atoms with Crippen LogP contribution in [0.3, 0.4) is 0 Å². The van der Waals surface area contributed by atoms with Crippen molar-refractivity contribution in [1.82, 2.24) is 10.2 Å². The number of hydrogen-bond donors (Lipinski definition) is 1. The second-order valence-electron chi connectivity index (χ2n) is 4.28. The Bertz CT molecular complexity index is 393. The lowest BCUT2D eigenvalue weighted by atomic mass is 10.1. The topological polar surface area (TPSA) is 32.3 Å². The van der Waals surface area contributed by atoms with Crippen molar-refractivity contribution in [3.05, 3.63) is 20.8 Å². The highest BCUT2D eigenvalue weighted by molar-refractivity contribution is 9.11. The van der Waals surface area contributed by atoms with Crippen LogP contribution in [0.2, 0.25) is 0 Å². The third-order valence-corrected chi connectivity index (χ3v) is 4.52. The van der Waals surface area contributed by atoms with E-state index in [-0.39, 0.29) is 18.3 Å². The summed E-state index contributed by atoms with van der Waals surface area (Å²) in [7, 11) is 0. The third kappa shape index (κ3) is 3.70. The minimum absolute atomic E-state index is 0. The number of nitrogens with one attached hydrogen (secondary N) is 1. The summed E-state index contributed by atoms with van der Waals surface area (Å²) < 4.78 is 1.02. The van der Waals surface area contributed by atoms with Crippen LogP contribution in [-0.2, 0) is 0 Å². The Morgan fingerprint density at radius 2 is 2.44 bits per heavy atom. The molecule has 1 amide bonds. The molecule has 0 saturated carbocycles. The van der Waals surface area contributed by atoms with Gasteiger partial charge in [0, 0.05) is 24.5 Å². The van der Waals surface area contributed by atoms with Crippen molar-refractivity contribution >= 4 is 45.6 Å². The van der Waals surface area contributed by atoms with E-state index in [2.05, 4.69) is 28.2 Å². The summed E-state index contributed by atoms with van der Waals surface area (Å²) in [5.41, 5.74) is 0.808. The van der Waals surface area contributed by atoms with Crippen molar-refractivity contribution in [1.29, 1.82) is 0 Å². The van der Waals surface area contributed by atoms with Crippen LogP contribution in [0.5, 0.6) is 0 Å². The average molecular weight is 354 g/mol. The molecule has 1 fully saturated rings. The standard InChI is InChI=1S/C12H17BrN2OS.ClH/c1-2-5-15(10-3-4-14-7-10)12(16)9-6-11(13)17-8-9;/h6,8,10,14H,2-5,7H2,1H3;1H. The van der Waals surface area contributed by atoms with E-state index in [1.807, 2.05) is 16.3 Å². The fraction of sp³-hybridized carbons (Fsp3) is 0.583. The van der Waals surface area contributed by atoms with Gasteiger partial charge in [0.15, 0.2) is 0 Å². The van der Waals surface area contributed by atoms with Gasteiger partial charge in [0.25, 0.3) is 5.91 Å². The molecule has 1 N–H and O–H groups in total. The highest BCUT2D eigenvalue weighted by Gasteiger charge is 2.26. The Hall–Kier alpha value is -0.100.